The van der Waals surface area contributed by atoms with E-state index >= 15 is 0 Å². The van der Waals surface area contributed by atoms with E-state index in [2.05, 4.69) is 20.8 Å². The van der Waals surface area contributed by atoms with Gasteiger partial charge >= 0.3 is 11.9 Å². The summed E-state index contributed by atoms with van der Waals surface area (Å²) in [6.45, 7) is 7.31. The third kappa shape index (κ3) is 13.4. The molecule has 0 bridgehead atoms. The normalized spacial score (nSPS) is 11.6. The smallest absolute Gasteiger partial charge is 0.343 e. The zero-order valence-electron chi connectivity index (χ0n) is 27.2. The van der Waals surface area contributed by atoms with E-state index in [0.717, 1.165) is 42.7 Å². The highest BCUT2D eigenvalue weighted by Gasteiger charge is 2.13. The van der Waals surface area contributed by atoms with Crippen LogP contribution in [0.5, 0.6) is 17.2 Å². The van der Waals surface area contributed by atoms with Crippen LogP contribution in [-0.2, 0) is 4.79 Å². The number of hydrogen-bond acceptors (Lipinski definition) is 5. The molecule has 0 aromatic heterocycles. The highest BCUT2D eigenvalue weighted by molar-refractivity contribution is 5.91. The summed E-state index contributed by atoms with van der Waals surface area (Å²) in [5.41, 5.74) is 2.53. The van der Waals surface area contributed by atoms with E-state index in [4.69, 9.17) is 14.2 Å². The number of hydrogen-bond donors (Lipinski definition) is 0. The molecule has 3 aromatic carbocycles. The van der Waals surface area contributed by atoms with Crippen molar-refractivity contribution in [1.82, 2.24) is 0 Å². The van der Waals surface area contributed by atoms with Gasteiger partial charge in [0.2, 0.25) is 0 Å². The molecule has 0 heterocycles. The van der Waals surface area contributed by atoms with E-state index < -0.39 is 5.97 Å². The van der Waals surface area contributed by atoms with Crippen molar-refractivity contribution < 1.29 is 23.8 Å². The van der Waals surface area contributed by atoms with Crippen molar-refractivity contribution in [3.05, 3.63) is 78.4 Å². The minimum atomic E-state index is -0.441. The Morgan fingerprint density at radius 3 is 1.64 bits per heavy atom. The number of carbonyl (C=O) groups excluding carboxylic acids is 2. The summed E-state index contributed by atoms with van der Waals surface area (Å²) in [7, 11) is 0. The van der Waals surface area contributed by atoms with Crippen LogP contribution in [0.15, 0.2) is 72.8 Å². The van der Waals surface area contributed by atoms with Crippen LogP contribution in [0.3, 0.4) is 0 Å². The maximum Gasteiger partial charge on any atom is 0.343 e. The van der Waals surface area contributed by atoms with Crippen LogP contribution in [0.25, 0.3) is 11.1 Å². The van der Waals surface area contributed by atoms with Gasteiger partial charge in [0.25, 0.3) is 0 Å². The predicted molar refractivity (Wildman–Crippen MR) is 180 cm³/mol. The summed E-state index contributed by atoms with van der Waals surface area (Å²) in [6, 6.07) is 22.0. The lowest BCUT2D eigenvalue weighted by molar-refractivity contribution is -0.135. The molecule has 0 unspecified atom stereocenters. The first-order valence-corrected chi connectivity index (χ1v) is 16.8. The molecule has 1 atom stereocenters. The van der Waals surface area contributed by atoms with Crippen LogP contribution in [0.2, 0.25) is 0 Å². The van der Waals surface area contributed by atoms with Gasteiger partial charge in [-0.15, -0.1) is 0 Å². The fraction of sp³-hybridized carbons (Fsp3) is 0.487. The lowest BCUT2D eigenvalue weighted by Crippen LogP contribution is -2.12. The number of unbranched alkanes of at least 4 members (excludes halogenated alkanes) is 10. The molecular formula is C39H52O5. The third-order valence-corrected chi connectivity index (χ3v) is 7.91. The summed E-state index contributed by atoms with van der Waals surface area (Å²) in [6.07, 6.45) is 16.4. The standard InChI is InChI=1S/C39H52O5/c1-4-6-8-10-12-14-16-31(3)30-38(40)43-36-25-27-37(28-26-36)44-39(41)34-19-17-32(18-20-34)33-21-23-35(24-22-33)42-29-15-13-11-9-7-5-2/h17-28,31H,4-16,29-30H2,1-3H3/t31-/m0/s1. The maximum absolute atomic E-state index is 12.7. The summed E-state index contributed by atoms with van der Waals surface area (Å²) < 4.78 is 16.9. The Hall–Kier alpha value is -3.60. The summed E-state index contributed by atoms with van der Waals surface area (Å²) in [5, 5.41) is 0. The van der Waals surface area contributed by atoms with Gasteiger partial charge in [0.05, 0.1) is 12.2 Å². The van der Waals surface area contributed by atoms with Crippen LogP contribution in [0.4, 0.5) is 0 Å². The van der Waals surface area contributed by atoms with Gasteiger partial charge in [-0.05, 0) is 72.0 Å². The minimum absolute atomic E-state index is 0.233. The van der Waals surface area contributed by atoms with Crippen molar-refractivity contribution in [1.29, 1.82) is 0 Å². The van der Waals surface area contributed by atoms with Crippen molar-refractivity contribution in [2.75, 3.05) is 6.61 Å². The molecule has 44 heavy (non-hydrogen) atoms. The molecular weight excluding hydrogens is 548 g/mol. The summed E-state index contributed by atoms with van der Waals surface area (Å²) in [4.78, 5) is 25.1. The fourth-order valence-corrected chi connectivity index (χ4v) is 5.19. The van der Waals surface area contributed by atoms with Crippen LogP contribution in [0, 0.1) is 5.92 Å². The number of benzene rings is 3. The molecule has 0 radical (unpaired) electrons. The number of rotatable bonds is 21. The molecule has 0 N–H and O–H groups in total. The minimum Gasteiger partial charge on any atom is -0.494 e. The van der Waals surface area contributed by atoms with E-state index in [1.54, 1.807) is 36.4 Å². The lowest BCUT2D eigenvalue weighted by Gasteiger charge is -2.11. The van der Waals surface area contributed by atoms with Gasteiger partial charge in [-0.2, -0.15) is 0 Å². The first-order chi connectivity index (χ1) is 21.5. The van der Waals surface area contributed by atoms with Crippen molar-refractivity contribution in [3.8, 4) is 28.4 Å². The number of carbonyl (C=O) groups is 2. The van der Waals surface area contributed by atoms with Gasteiger partial charge in [-0.25, -0.2) is 4.79 Å². The van der Waals surface area contributed by atoms with Crippen LogP contribution in [0.1, 0.15) is 121 Å². The van der Waals surface area contributed by atoms with Gasteiger partial charge < -0.3 is 14.2 Å². The van der Waals surface area contributed by atoms with E-state index in [1.807, 2.05) is 36.4 Å². The third-order valence-electron chi connectivity index (χ3n) is 7.91. The Morgan fingerprint density at radius 1 is 0.568 bits per heavy atom. The first-order valence-electron chi connectivity index (χ1n) is 16.8. The molecule has 5 heteroatoms. The zero-order valence-corrected chi connectivity index (χ0v) is 27.2. The molecule has 3 aromatic rings. The van der Waals surface area contributed by atoms with Crippen LogP contribution < -0.4 is 14.2 Å². The average molecular weight is 601 g/mol. The quantitative estimate of drug-likeness (QED) is 0.0691. The second-order valence-electron chi connectivity index (χ2n) is 11.9. The number of esters is 2. The highest BCUT2D eigenvalue weighted by atomic mass is 16.5. The lowest BCUT2D eigenvalue weighted by atomic mass is 9.99. The molecule has 0 fully saturated rings. The van der Waals surface area contributed by atoms with E-state index in [1.165, 1.54) is 64.2 Å². The fourth-order valence-electron chi connectivity index (χ4n) is 5.19. The molecule has 238 valence electrons. The summed E-state index contributed by atoms with van der Waals surface area (Å²) in [5.74, 6) is 1.35. The molecule has 0 amide bonds. The van der Waals surface area contributed by atoms with Crippen molar-refractivity contribution in [2.24, 2.45) is 5.92 Å². The Balaban J connectivity index is 1.39. The monoisotopic (exact) mass is 600 g/mol. The van der Waals surface area contributed by atoms with Crippen LogP contribution >= 0.6 is 0 Å². The molecule has 3 rings (SSSR count). The van der Waals surface area contributed by atoms with Gasteiger partial charge in [-0.1, -0.05) is 122 Å². The molecule has 0 aliphatic rings. The van der Waals surface area contributed by atoms with Crippen molar-refractivity contribution in [2.45, 2.75) is 111 Å². The van der Waals surface area contributed by atoms with Gasteiger partial charge in [0.1, 0.15) is 17.2 Å². The molecule has 0 aliphatic carbocycles. The highest BCUT2D eigenvalue weighted by Crippen LogP contribution is 2.25. The largest absolute Gasteiger partial charge is 0.494 e. The van der Waals surface area contributed by atoms with E-state index in [0.29, 0.717) is 29.4 Å². The molecule has 0 spiro atoms. The van der Waals surface area contributed by atoms with Gasteiger partial charge in [0, 0.05) is 6.42 Å². The summed E-state index contributed by atoms with van der Waals surface area (Å²) >= 11 is 0. The molecule has 5 nitrogen and oxygen atoms in total. The van der Waals surface area contributed by atoms with Crippen molar-refractivity contribution in [3.63, 3.8) is 0 Å². The predicted octanol–water partition coefficient (Wildman–Crippen LogP) is 11.0. The second kappa shape index (κ2) is 20.4. The van der Waals surface area contributed by atoms with E-state index in [-0.39, 0.29) is 5.97 Å². The Labute approximate surface area is 265 Å². The van der Waals surface area contributed by atoms with Gasteiger partial charge in [-0.3, -0.25) is 4.79 Å². The van der Waals surface area contributed by atoms with E-state index in [9.17, 15) is 9.59 Å². The topological polar surface area (TPSA) is 61.8 Å². The number of ether oxygens (including phenoxy) is 3. The first kappa shape index (κ1) is 34.9. The Morgan fingerprint density at radius 2 is 1.05 bits per heavy atom. The van der Waals surface area contributed by atoms with Gasteiger partial charge in [0.15, 0.2) is 0 Å². The maximum atomic E-state index is 12.7. The van der Waals surface area contributed by atoms with Crippen molar-refractivity contribution >= 4 is 11.9 Å². The Bertz CT molecular complexity index is 1210. The zero-order chi connectivity index (χ0) is 31.4. The van der Waals surface area contributed by atoms with Crippen LogP contribution in [-0.4, -0.2) is 18.5 Å². The molecule has 0 saturated carbocycles. The molecule has 0 saturated heterocycles. The SMILES string of the molecule is CCCCCCCCOc1ccc(-c2ccc(C(=O)Oc3ccc(OC(=O)C[C@@H](C)CCCCCCCC)cc3)cc2)cc1. The average Bonchev–Trinajstić information content (AvgIpc) is 3.03. The molecule has 0 aliphatic heterocycles. The Kier molecular flexibility index (Phi) is 16.2. The second-order valence-corrected chi connectivity index (χ2v) is 11.9.